The summed E-state index contributed by atoms with van der Waals surface area (Å²) < 4.78 is 10.3. The summed E-state index contributed by atoms with van der Waals surface area (Å²) in [6.45, 7) is 4.29. The minimum Gasteiger partial charge on any atom is -0.496 e. The average Bonchev–Trinajstić information content (AvgIpc) is 2.65. The maximum absolute atomic E-state index is 12.2. The van der Waals surface area contributed by atoms with E-state index in [0.29, 0.717) is 12.4 Å². The summed E-state index contributed by atoms with van der Waals surface area (Å²) >= 11 is 6.22. The monoisotopic (exact) mass is 407 g/mol. The molecule has 2 aromatic heterocycles. The lowest BCUT2D eigenvalue weighted by Crippen LogP contribution is -2.42. The Morgan fingerprint density at radius 2 is 2.11 bits per heavy atom. The molecule has 9 nitrogen and oxygen atoms in total. The van der Waals surface area contributed by atoms with Gasteiger partial charge < -0.3 is 25.2 Å². The standard InChI is InChI=1S/C18H22ClN5O4/c1-8-5-21-11(9(2)14(8)27-3)7-24-6-10(17(26)28-4)13(25)12-15(19)22-18(20)23-16(12)24/h5,10,13,25H,6-7H2,1-4H3,(H2,20,22,23). The molecular weight excluding hydrogens is 386 g/mol. The number of halogens is 1. The van der Waals surface area contributed by atoms with Crippen molar-refractivity contribution in [2.24, 2.45) is 5.92 Å². The second-order valence-electron chi connectivity index (χ2n) is 6.61. The van der Waals surface area contributed by atoms with Gasteiger partial charge in [-0.25, -0.2) is 4.98 Å². The van der Waals surface area contributed by atoms with Gasteiger partial charge in [0.15, 0.2) is 0 Å². The van der Waals surface area contributed by atoms with Gasteiger partial charge in [0, 0.05) is 23.9 Å². The molecule has 2 aromatic rings. The van der Waals surface area contributed by atoms with E-state index in [1.54, 1.807) is 18.2 Å². The number of esters is 1. The van der Waals surface area contributed by atoms with Crippen LogP contribution in [0.4, 0.5) is 11.8 Å². The smallest absolute Gasteiger partial charge is 0.313 e. The molecular formula is C18H22ClN5O4. The number of anilines is 2. The molecule has 0 fully saturated rings. The number of carbonyl (C=O) groups excluding carboxylic acids is 1. The third-order valence-electron chi connectivity index (χ3n) is 4.88. The Morgan fingerprint density at radius 3 is 2.75 bits per heavy atom. The van der Waals surface area contributed by atoms with E-state index in [4.69, 9.17) is 26.8 Å². The first kappa shape index (κ1) is 20.1. The summed E-state index contributed by atoms with van der Waals surface area (Å²) in [6, 6.07) is 0. The average molecular weight is 408 g/mol. The zero-order chi connectivity index (χ0) is 20.6. The third-order valence-corrected chi connectivity index (χ3v) is 5.17. The number of aliphatic hydroxyl groups excluding tert-OH is 1. The van der Waals surface area contributed by atoms with Gasteiger partial charge in [-0.2, -0.15) is 4.98 Å². The van der Waals surface area contributed by atoms with E-state index in [9.17, 15) is 9.90 Å². The van der Waals surface area contributed by atoms with Crippen molar-refractivity contribution < 1.29 is 19.4 Å². The van der Waals surface area contributed by atoms with Crippen LogP contribution in [0, 0.1) is 19.8 Å². The van der Waals surface area contributed by atoms with Gasteiger partial charge >= 0.3 is 5.97 Å². The topological polar surface area (TPSA) is 124 Å². The number of nitrogens with two attached hydrogens (primary N) is 1. The first-order valence-electron chi connectivity index (χ1n) is 8.61. The molecule has 1 aliphatic rings. The first-order valence-corrected chi connectivity index (χ1v) is 8.99. The molecule has 0 amide bonds. The highest BCUT2D eigenvalue weighted by atomic mass is 35.5. The third kappa shape index (κ3) is 3.43. The minimum absolute atomic E-state index is 0.000212. The van der Waals surface area contributed by atoms with Crippen molar-refractivity contribution in [3.05, 3.63) is 33.7 Å². The molecule has 0 radical (unpaired) electrons. The Morgan fingerprint density at radius 1 is 1.39 bits per heavy atom. The van der Waals surface area contributed by atoms with Gasteiger partial charge in [-0.05, 0) is 13.8 Å². The molecule has 0 aromatic carbocycles. The van der Waals surface area contributed by atoms with E-state index in [1.165, 1.54) is 7.11 Å². The fourth-order valence-electron chi connectivity index (χ4n) is 3.47. The van der Waals surface area contributed by atoms with E-state index in [-0.39, 0.29) is 23.2 Å². The number of aromatic nitrogens is 3. The maximum atomic E-state index is 12.2. The number of carbonyl (C=O) groups is 1. The molecule has 0 saturated carbocycles. The molecule has 150 valence electrons. The van der Waals surface area contributed by atoms with Gasteiger partial charge in [-0.1, -0.05) is 11.6 Å². The summed E-state index contributed by atoms with van der Waals surface area (Å²) in [5.41, 5.74) is 8.53. The molecule has 1 aliphatic heterocycles. The van der Waals surface area contributed by atoms with Crippen LogP contribution in [0.2, 0.25) is 5.15 Å². The molecule has 0 aliphatic carbocycles. The van der Waals surface area contributed by atoms with Crippen molar-refractivity contribution in [1.29, 1.82) is 0 Å². The summed E-state index contributed by atoms with van der Waals surface area (Å²) in [5.74, 6) is -0.321. The lowest BCUT2D eigenvalue weighted by molar-refractivity contribution is -0.149. The van der Waals surface area contributed by atoms with Crippen LogP contribution in [0.1, 0.15) is 28.5 Å². The number of nitrogens with zero attached hydrogens (tertiary/aromatic N) is 4. The van der Waals surface area contributed by atoms with Crippen LogP contribution in [0.5, 0.6) is 5.75 Å². The van der Waals surface area contributed by atoms with Gasteiger partial charge in [0.25, 0.3) is 0 Å². The Kier molecular flexibility index (Phi) is 5.57. The van der Waals surface area contributed by atoms with E-state index in [2.05, 4.69) is 15.0 Å². The Labute approximate surface area is 167 Å². The van der Waals surface area contributed by atoms with Gasteiger partial charge in [-0.15, -0.1) is 0 Å². The van der Waals surface area contributed by atoms with Crippen molar-refractivity contribution in [3.63, 3.8) is 0 Å². The van der Waals surface area contributed by atoms with Crippen LogP contribution in [0.3, 0.4) is 0 Å². The molecule has 10 heteroatoms. The quantitative estimate of drug-likeness (QED) is 0.574. The molecule has 0 bridgehead atoms. The maximum Gasteiger partial charge on any atom is 0.313 e. The van der Waals surface area contributed by atoms with Gasteiger partial charge in [0.1, 0.15) is 28.7 Å². The molecule has 0 spiro atoms. The van der Waals surface area contributed by atoms with Crippen LogP contribution in [0.25, 0.3) is 0 Å². The molecule has 3 N–H and O–H groups in total. The summed E-state index contributed by atoms with van der Waals surface area (Å²) in [6.07, 6.45) is 0.522. The van der Waals surface area contributed by atoms with Crippen molar-refractivity contribution in [3.8, 4) is 5.75 Å². The fraction of sp³-hybridized carbons (Fsp3) is 0.444. The zero-order valence-corrected chi connectivity index (χ0v) is 16.8. The largest absolute Gasteiger partial charge is 0.496 e. The summed E-state index contributed by atoms with van der Waals surface area (Å²) in [7, 11) is 2.87. The highest BCUT2D eigenvalue weighted by Crippen LogP contribution is 2.41. The SMILES string of the molecule is COC(=O)C1CN(Cc2ncc(C)c(OC)c2C)c2nc(N)nc(Cl)c2C1O. The molecule has 2 atom stereocenters. The van der Waals surface area contributed by atoms with E-state index < -0.39 is 18.0 Å². The van der Waals surface area contributed by atoms with Crippen LogP contribution in [0.15, 0.2) is 6.20 Å². The van der Waals surface area contributed by atoms with E-state index >= 15 is 0 Å². The van der Waals surface area contributed by atoms with Gasteiger partial charge in [-0.3, -0.25) is 9.78 Å². The summed E-state index contributed by atoms with van der Waals surface area (Å²) in [4.78, 5) is 26.7. The van der Waals surface area contributed by atoms with Crippen LogP contribution in [-0.4, -0.2) is 46.8 Å². The number of rotatable bonds is 4. The number of hydrogen-bond acceptors (Lipinski definition) is 9. The molecule has 3 rings (SSSR count). The van der Waals surface area contributed by atoms with Crippen molar-refractivity contribution in [1.82, 2.24) is 15.0 Å². The van der Waals surface area contributed by atoms with Crippen LogP contribution < -0.4 is 15.4 Å². The van der Waals surface area contributed by atoms with Crippen molar-refractivity contribution in [2.75, 3.05) is 31.4 Å². The van der Waals surface area contributed by atoms with Crippen molar-refractivity contribution >= 4 is 29.3 Å². The Balaban J connectivity index is 2.08. The molecule has 2 unspecified atom stereocenters. The van der Waals surface area contributed by atoms with Crippen LogP contribution in [-0.2, 0) is 16.1 Å². The molecule has 28 heavy (non-hydrogen) atoms. The van der Waals surface area contributed by atoms with E-state index in [1.807, 2.05) is 13.8 Å². The fourth-order valence-corrected chi connectivity index (χ4v) is 3.76. The zero-order valence-electron chi connectivity index (χ0n) is 16.1. The highest BCUT2D eigenvalue weighted by Gasteiger charge is 2.41. The minimum atomic E-state index is -1.20. The van der Waals surface area contributed by atoms with E-state index in [0.717, 1.165) is 22.6 Å². The van der Waals surface area contributed by atoms with Gasteiger partial charge in [0.05, 0.1) is 32.0 Å². The number of ether oxygens (including phenoxy) is 2. The number of hydrogen-bond donors (Lipinski definition) is 2. The second-order valence-corrected chi connectivity index (χ2v) is 6.97. The molecule has 0 saturated heterocycles. The number of aliphatic hydroxyl groups is 1. The lowest BCUT2D eigenvalue weighted by atomic mass is 9.91. The lowest BCUT2D eigenvalue weighted by Gasteiger charge is -2.37. The number of pyridine rings is 1. The Bertz CT molecular complexity index is 923. The number of methoxy groups -OCH3 is 2. The number of fused-ring (bicyclic) bond motifs is 1. The van der Waals surface area contributed by atoms with Gasteiger partial charge in [0.2, 0.25) is 5.95 Å². The Hall–Kier alpha value is -2.65. The predicted octanol–water partition coefficient (Wildman–Crippen LogP) is 1.58. The molecule has 3 heterocycles. The predicted molar refractivity (Wildman–Crippen MR) is 103 cm³/mol. The van der Waals surface area contributed by atoms with Crippen LogP contribution >= 0.6 is 11.6 Å². The first-order chi connectivity index (χ1) is 13.3. The van der Waals surface area contributed by atoms with Crippen molar-refractivity contribution in [2.45, 2.75) is 26.5 Å². The summed E-state index contributed by atoms with van der Waals surface area (Å²) in [5, 5.41) is 10.7. The second kappa shape index (κ2) is 7.76. The normalized spacial score (nSPS) is 18.6. The number of nitrogen functional groups attached to an aromatic ring is 1. The highest BCUT2D eigenvalue weighted by molar-refractivity contribution is 6.30. The number of aryl methyl sites for hydroxylation is 1.